The second kappa shape index (κ2) is 7.01. The van der Waals surface area contributed by atoms with Crippen LogP contribution in [-0.2, 0) is 16.5 Å². The van der Waals surface area contributed by atoms with Crippen molar-refractivity contribution in [3.63, 3.8) is 0 Å². The van der Waals surface area contributed by atoms with Gasteiger partial charge < -0.3 is 14.4 Å². The standard InChI is InChI=1S/C17H27N5O3/c1-20-15(18-13-19-20)16(23)22-4-2-17(3-5-22)10-14(25-12-17)11-21-6-8-24-9-7-21/h13-14H,2-12H2,1H3. The van der Waals surface area contributed by atoms with Crippen LogP contribution in [0.4, 0.5) is 0 Å². The van der Waals surface area contributed by atoms with E-state index in [0.29, 0.717) is 11.9 Å². The summed E-state index contributed by atoms with van der Waals surface area (Å²) < 4.78 is 13.1. The normalized spacial score (nSPS) is 27.1. The highest BCUT2D eigenvalue weighted by atomic mass is 16.5. The van der Waals surface area contributed by atoms with Gasteiger partial charge >= 0.3 is 0 Å². The summed E-state index contributed by atoms with van der Waals surface area (Å²) in [5, 5.41) is 3.99. The van der Waals surface area contributed by atoms with Crippen LogP contribution in [-0.4, -0.2) is 89.1 Å². The summed E-state index contributed by atoms with van der Waals surface area (Å²) >= 11 is 0. The van der Waals surface area contributed by atoms with E-state index in [1.165, 1.54) is 6.33 Å². The molecule has 138 valence electrons. The molecule has 1 aromatic rings. The summed E-state index contributed by atoms with van der Waals surface area (Å²) in [6, 6.07) is 0. The molecule has 8 nitrogen and oxygen atoms in total. The van der Waals surface area contributed by atoms with E-state index in [-0.39, 0.29) is 11.3 Å². The molecule has 25 heavy (non-hydrogen) atoms. The lowest BCUT2D eigenvalue weighted by Crippen LogP contribution is -2.44. The zero-order valence-corrected chi connectivity index (χ0v) is 14.9. The lowest BCUT2D eigenvalue weighted by Gasteiger charge is -2.38. The Kier molecular flexibility index (Phi) is 4.75. The van der Waals surface area contributed by atoms with Gasteiger partial charge in [-0.2, -0.15) is 5.10 Å². The quantitative estimate of drug-likeness (QED) is 0.774. The number of ether oxygens (including phenoxy) is 2. The Balaban J connectivity index is 1.29. The van der Waals surface area contributed by atoms with Crippen LogP contribution in [0, 0.1) is 5.41 Å². The van der Waals surface area contributed by atoms with Gasteiger partial charge in [0.05, 0.1) is 25.9 Å². The topological polar surface area (TPSA) is 72.7 Å². The number of rotatable bonds is 3. The minimum atomic E-state index is -0.0152. The van der Waals surface area contributed by atoms with Crippen LogP contribution in [0.2, 0.25) is 0 Å². The Bertz CT molecular complexity index is 605. The van der Waals surface area contributed by atoms with Gasteiger partial charge in [0.15, 0.2) is 0 Å². The van der Waals surface area contributed by atoms with Crippen LogP contribution in [0.25, 0.3) is 0 Å². The van der Waals surface area contributed by atoms with Crippen LogP contribution < -0.4 is 0 Å². The minimum Gasteiger partial charge on any atom is -0.379 e. The molecule has 3 aliphatic rings. The van der Waals surface area contributed by atoms with Crippen molar-refractivity contribution in [3.05, 3.63) is 12.2 Å². The molecule has 1 aromatic heterocycles. The lowest BCUT2D eigenvalue weighted by molar-refractivity contribution is 0.00522. The first-order chi connectivity index (χ1) is 12.2. The molecule has 0 radical (unpaired) electrons. The molecule has 1 atom stereocenters. The minimum absolute atomic E-state index is 0.0152. The molecule has 0 saturated carbocycles. The summed E-state index contributed by atoms with van der Waals surface area (Å²) in [7, 11) is 1.76. The van der Waals surface area contributed by atoms with E-state index in [4.69, 9.17) is 9.47 Å². The third kappa shape index (κ3) is 3.56. The van der Waals surface area contributed by atoms with Crippen LogP contribution in [0.15, 0.2) is 6.33 Å². The Morgan fingerprint density at radius 1 is 1.28 bits per heavy atom. The average Bonchev–Trinajstić information content (AvgIpc) is 3.23. The zero-order chi connectivity index (χ0) is 17.3. The number of aromatic nitrogens is 3. The van der Waals surface area contributed by atoms with Crippen molar-refractivity contribution < 1.29 is 14.3 Å². The van der Waals surface area contributed by atoms with Crippen molar-refractivity contribution in [3.8, 4) is 0 Å². The van der Waals surface area contributed by atoms with Crippen LogP contribution in [0.3, 0.4) is 0 Å². The van der Waals surface area contributed by atoms with Gasteiger partial charge in [-0.3, -0.25) is 9.69 Å². The number of aryl methyl sites for hydroxylation is 1. The second-order valence-electron chi connectivity index (χ2n) is 7.55. The van der Waals surface area contributed by atoms with Gasteiger partial charge in [-0.1, -0.05) is 0 Å². The number of carbonyl (C=O) groups excluding carboxylic acids is 1. The van der Waals surface area contributed by atoms with E-state index >= 15 is 0 Å². The molecule has 0 N–H and O–H groups in total. The predicted molar refractivity (Wildman–Crippen MR) is 90.2 cm³/mol. The Morgan fingerprint density at radius 3 is 2.72 bits per heavy atom. The summed E-state index contributed by atoms with van der Waals surface area (Å²) in [6.07, 6.45) is 4.88. The summed E-state index contributed by atoms with van der Waals surface area (Å²) in [5.74, 6) is 0.405. The molecule has 0 bridgehead atoms. The average molecular weight is 349 g/mol. The van der Waals surface area contributed by atoms with E-state index in [0.717, 1.165) is 71.8 Å². The number of piperidine rings is 1. The Morgan fingerprint density at radius 2 is 2.04 bits per heavy atom. The Labute approximate surface area is 148 Å². The van der Waals surface area contributed by atoms with Crippen molar-refractivity contribution in [1.29, 1.82) is 0 Å². The van der Waals surface area contributed by atoms with Gasteiger partial charge in [-0.15, -0.1) is 0 Å². The van der Waals surface area contributed by atoms with Gasteiger partial charge in [0.2, 0.25) is 5.82 Å². The van der Waals surface area contributed by atoms with Crippen molar-refractivity contribution in [2.24, 2.45) is 12.5 Å². The number of hydrogen-bond donors (Lipinski definition) is 0. The third-order valence-corrected chi connectivity index (χ3v) is 5.87. The molecule has 0 aromatic carbocycles. The van der Waals surface area contributed by atoms with Crippen LogP contribution in [0.5, 0.6) is 0 Å². The Hall–Kier alpha value is -1.51. The number of hydrogen-bond acceptors (Lipinski definition) is 6. The number of morpholine rings is 1. The highest BCUT2D eigenvalue weighted by molar-refractivity contribution is 5.90. The fourth-order valence-corrected chi connectivity index (χ4v) is 4.25. The first kappa shape index (κ1) is 16.9. The van der Waals surface area contributed by atoms with Crippen molar-refractivity contribution in [2.75, 3.05) is 52.5 Å². The van der Waals surface area contributed by atoms with Crippen molar-refractivity contribution >= 4 is 5.91 Å². The maximum Gasteiger partial charge on any atom is 0.291 e. The zero-order valence-electron chi connectivity index (χ0n) is 14.9. The number of likely N-dealkylation sites (tertiary alicyclic amines) is 1. The van der Waals surface area contributed by atoms with Gasteiger partial charge in [0, 0.05) is 39.8 Å². The molecule has 4 rings (SSSR count). The first-order valence-corrected chi connectivity index (χ1v) is 9.20. The van der Waals surface area contributed by atoms with Crippen LogP contribution >= 0.6 is 0 Å². The predicted octanol–water partition coefficient (Wildman–Crippen LogP) is 0.159. The molecule has 1 spiro atoms. The van der Waals surface area contributed by atoms with Gasteiger partial charge in [0.1, 0.15) is 6.33 Å². The largest absolute Gasteiger partial charge is 0.379 e. The maximum atomic E-state index is 12.6. The molecular formula is C17H27N5O3. The molecule has 3 fully saturated rings. The number of nitrogens with zero attached hydrogens (tertiary/aromatic N) is 5. The molecular weight excluding hydrogens is 322 g/mol. The fourth-order valence-electron chi connectivity index (χ4n) is 4.25. The van der Waals surface area contributed by atoms with Gasteiger partial charge in [0.25, 0.3) is 5.91 Å². The monoisotopic (exact) mass is 349 g/mol. The highest BCUT2D eigenvalue weighted by Crippen LogP contribution is 2.42. The maximum absolute atomic E-state index is 12.6. The highest BCUT2D eigenvalue weighted by Gasteiger charge is 2.43. The smallest absolute Gasteiger partial charge is 0.291 e. The van der Waals surface area contributed by atoms with E-state index in [9.17, 15) is 4.79 Å². The van der Waals surface area contributed by atoms with Crippen molar-refractivity contribution in [1.82, 2.24) is 24.6 Å². The third-order valence-electron chi connectivity index (χ3n) is 5.87. The van der Waals surface area contributed by atoms with Crippen molar-refractivity contribution in [2.45, 2.75) is 25.4 Å². The fraction of sp³-hybridized carbons (Fsp3) is 0.824. The molecule has 4 heterocycles. The molecule has 0 aliphatic carbocycles. The molecule has 3 aliphatic heterocycles. The first-order valence-electron chi connectivity index (χ1n) is 9.20. The van der Waals surface area contributed by atoms with Gasteiger partial charge in [-0.25, -0.2) is 9.67 Å². The second-order valence-corrected chi connectivity index (χ2v) is 7.55. The van der Waals surface area contributed by atoms with Gasteiger partial charge in [-0.05, 0) is 24.7 Å². The molecule has 1 amide bonds. The molecule has 8 heteroatoms. The van der Waals surface area contributed by atoms with E-state index < -0.39 is 0 Å². The summed E-state index contributed by atoms with van der Waals surface area (Å²) in [5.41, 5.74) is 0.244. The van der Waals surface area contributed by atoms with E-state index in [1.54, 1.807) is 11.7 Å². The lowest BCUT2D eigenvalue weighted by atomic mass is 9.76. The number of carbonyl (C=O) groups is 1. The van der Waals surface area contributed by atoms with Crippen LogP contribution in [0.1, 0.15) is 29.9 Å². The van der Waals surface area contributed by atoms with E-state index in [1.807, 2.05) is 4.90 Å². The summed E-state index contributed by atoms with van der Waals surface area (Å²) in [4.78, 5) is 21.0. The molecule has 1 unspecified atom stereocenters. The number of amides is 1. The molecule has 3 saturated heterocycles. The summed E-state index contributed by atoms with van der Waals surface area (Å²) in [6.45, 7) is 7.06. The van der Waals surface area contributed by atoms with E-state index in [2.05, 4.69) is 15.0 Å². The SMILES string of the molecule is Cn1ncnc1C(=O)N1CCC2(CC1)COC(CN1CCOCC1)C2.